The average Bonchev–Trinajstić information content (AvgIpc) is 2.83. The topological polar surface area (TPSA) is 20.2 Å². The van der Waals surface area contributed by atoms with Crippen LogP contribution >= 0.6 is 0 Å². The summed E-state index contributed by atoms with van der Waals surface area (Å²) in [5.41, 5.74) is -1.33. The van der Waals surface area contributed by atoms with Gasteiger partial charge in [-0.25, -0.2) is 8.78 Å². The number of hydrogen-bond acceptors (Lipinski definition) is 1. The summed E-state index contributed by atoms with van der Waals surface area (Å²) in [4.78, 5) is 0. The molecular weight excluding hydrogens is 150 g/mol. The van der Waals surface area contributed by atoms with E-state index in [2.05, 4.69) is 0 Å². The summed E-state index contributed by atoms with van der Waals surface area (Å²) < 4.78 is 26.3. The van der Waals surface area contributed by atoms with Gasteiger partial charge in [-0.1, -0.05) is 0 Å². The highest BCUT2D eigenvalue weighted by atomic mass is 19.3. The Kier molecular flexibility index (Phi) is 0.716. The first kappa shape index (κ1) is 6.35. The quantitative estimate of drug-likeness (QED) is 0.615. The number of aliphatic hydroxyl groups excluding tert-OH is 1. The fraction of sp³-hybridized carbons (Fsp3) is 1.00. The zero-order valence-electron chi connectivity index (χ0n) is 6.11. The third-order valence-electron chi connectivity index (χ3n) is 4.03. The van der Waals surface area contributed by atoms with Crippen LogP contribution in [0.15, 0.2) is 0 Å². The first-order valence-corrected chi connectivity index (χ1v) is 4.11. The van der Waals surface area contributed by atoms with Gasteiger partial charge in [0.05, 0.1) is 5.41 Å². The Labute approximate surface area is 63.4 Å². The molecule has 0 unspecified atom stereocenters. The molecule has 3 rings (SSSR count). The molecule has 0 aromatic heterocycles. The number of fused-ring (bicyclic) bond motifs is 1. The number of halogens is 2. The molecule has 0 saturated heterocycles. The van der Waals surface area contributed by atoms with E-state index in [1.165, 1.54) is 0 Å². The SMILES string of the molecule is OC[C@H]1C[C@]12C(F)(F)C21CC1. The van der Waals surface area contributed by atoms with Crippen molar-refractivity contribution < 1.29 is 13.9 Å². The monoisotopic (exact) mass is 160 g/mol. The Morgan fingerprint density at radius 2 is 2.00 bits per heavy atom. The first-order chi connectivity index (χ1) is 5.12. The molecule has 3 aliphatic rings. The van der Waals surface area contributed by atoms with E-state index in [1.807, 2.05) is 0 Å². The molecule has 3 fully saturated rings. The van der Waals surface area contributed by atoms with Crippen molar-refractivity contribution in [2.75, 3.05) is 6.61 Å². The van der Waals surface area contributed by atoms with Gasteiger partial charge in [-0.2, -0.15) is 0 Å². The summed E-state index contributed by atoms with van der Waals surface area (Å²) in [7, 11) is 0. The maximum atomic E-state index is 13.1. The Morgan fingerprint density at radius 1 is 1.36 bits per heavy atom. The fourth-order valence-electron chi connectivity index (χ4n) is 3.10. The zero-order valence-corrected chi connectivity index (χ0v) is 6.11. The Balaban J connectivity index is 1.94. The minimum atomic E-state index is -2.42. The fourth-order valence-corrected chi connectivity index (χ4v) is 3.10. The van der Waals surface area contributed by atoms with Crippen molar-refractivity contribution in [3.05, 3.63) is 0 Å². The van der Waals surface area contributed by atoms with Crippen LogP contribution in [0.25, 0.3) is 0 Å². The van der Waals surface area contributed by atoms with E-state index in [4.69, 9.17) is 5.11 Å². The Hall–Kier alpha value is -0.180. The zero-order chi connectivity index (χ0) is 7.91. The maximum absolute atomic E-state index is 13.1. The van der Waals surface area contributed by atoms with E-state index in [0.29, 0.717) is 19.3 Å². The largest absolute Gasteiger partial charge is 0.396 e. The molecule has 3 heteroatoms. The summed E-state index contributed by atoms with van der Waals surface area (Å²) >= 11 is 0. The molecule has 1 N–H and O–H groups in total. The predicted molar refractivity (Wildman–Crippen MR) is 34.2 cm³/mol. The predicted octanol–water partition coefficient (Wildman–Crippen LogP) is 1.41. The molecule has 0 aromatic carbocycles. The lowest BCUT2D eigenvalue weighted by Gasteiger charge is -1.89. The van der Waals surface area contributed by atoms with Crippen molar-refractivity contribution in [3.63, 3.8) is 0 Å². The van der Waals surface area contributed by atoms with Crippen molar-refractivity contribution in [3.8, 4) is 0 Å². The van der Waals surface area contributed by atoms with Crippen LogP contribution in [0.3, 0.4) is 0 Å². The van der Waals surface area contributed by atoms with Gasteiger partial charge in [0.2, 0.25) is 0 Å². The molecule has 11 heavy (non-hydrogen) atoms. The van der Waals surface area contributed by atoms with Crippen molar-refractivity contribution in [1.29, 1.82) is 0 Å². The smallest absolute Gasteiger partial charge is 0.261 e. The lowest BCUT2D eigenvalue weighted by atomic mass is 10.2. The van der Waals surface area contributed by atoms with Gasteiger partial charge in [-0.15, -0.1) is 0 Å². The second kappa shape index (κ2) is 1.24. The summed E-state index contributed by atoms with van der Waals surface area (Å²) in [6, 6.07) is 0. The number of rotatable bonds is 1. The van der Waals surface area contributed by atoms with Crippen LogP contribution in [0.4, 0.5) is 8.78 Å². The first-order valence-electron chi connectivity index (χ1n) is 4.11. The Morgan fingerprint density at radius 3 is 2.27 bits per heavy atom. The molecule has 2 atom stereocenters. The standard InChI is InChI=1S/C8H10F2O/c9-8(10)6(1-2-6)7(8)3-5(7)4-11/h5,11H,1-4H2/t5-,7+/m1/s1. The molecule has 62 valence electrons. The molecule has 0 aromatic rings. The van der Waals surface area contributed by atoms with Crippen LogP contribution in [0, 0.1) is 16.7 Å². The van der Waals surface area contributed by atoms with Crippen molar-refractivity contribution in [1.82, 2.24) is 0 Å². The van der Waals surface area contributed by atoms with Crippen molar-refractivity contribution in [2.45, 2.75) is 25.2 Å². The minimum Gasteiger partial charge on any atom is -0.396 e. The van der Waals surface area contributed by atoms with Gasteiger partial charge in [0.1, 0.15) is 0 Å². The highest BCUT2D eigenvalue weighted by Crippen LogP contribution is 2.97. The average molecular weight is 160 g/mol. The molecular formula is C8H10F2O. The highest BCUT2D eigenvalue weighted by molar-refractivity contribution is 5.43. The van der Waals surface area contributed by atoms with E-state index < -0.39 is 16.8 Å². The van der Waals surface area contributed by atoms with Crippen molar-refractivity contribution in [2.24, 2.45) is 16.7 Å². The van der Waals surface area contributed by atoms with Gasteiger partial charge in [0, 0.05) is 12.0 Å². The molecule has 0 bridgehead atoms. The third kappa shape index (κ3) is 0.360. The molecule has 0 radical (unpaired) electrons. The van der Waals surface area contributed by atoms with Crippen LogP contribution in [0.1, 0.15) is 19.3 Å². The molecule has 3 aliphatic carbocycles. The van der Waals surface area contributed by atoms with Gasteiger partial charge in [-0.3, -0.25) is 0 Å². The van der Waals surface area contributed by atoms with E-state index in [9.17, 15) is 8.78 Å². The van der Waals surface area contributed by atoms with E-state index in [1.54, 1.807) is 0 Å². The van der Waals surface area contributed by atoms with Gasteiger partial charge in [0.15, 0.2) is 0 Å². The summed E-state index contributed by atoms with van der Waals surface area (Å²) in [6.07, 6.45) is 1.95. The summed E-state index contributed by atoms with van der Waals surface area (Å²) in [6.45, 7) is -0.0443. The summed E-state index contributed by atoms with van der Waals surface area (Å²) in [5, 5.41) is 8.74. The van der Waals surface area contributed by atoms with Gasteiger partial charge >= 0.3 is 0 Å². The van der Waals surface area contributed by atoms with Crippen molar-refractivity contribution >= 4 is 0 Å². The molecule has 0 aliphatic heterocycles. The van der Waals surface area contributed by atoms with Crippen LogP contribution in [-0.2, 0) is 0 Å². The van der Waals surface area contributed by atoms with Crippen LogP contribution < -0.4 is 0 Å². The molecule has 0 amide bonds. The third-order valence-corrected chi connectivity index (χ3v) is 4.03. The second-order valence-corrected chi connectivity index (χ2v) is 4.21. The molecule has 1 nitrogen and oxygen atoms in total. The van der Waals surface area contributed by atoms with E-state index in [-0.39, 0.29) is 12.5 Å². The number of hydrogen-bond donors (Lipinski definition) is 1. The number of alkyl halides is 2. The van der Waals surface area contributed by atoms with Crippen LogP contribution in [0.2, 0.25) is 0 Å². The van der Waals surface area contributed by atoms with Gasteiger partial charge in [0.25, 0.3) is 5.92 Å². The van der Waals surface area contributed by atoms with Gasteiger partial charge < -0.3 is 5.11 Å². The molecule has 0 heterocycles. The molecule has 3 saturated carbocycles. The lowest BCUT2D eigenvalue weighted by molar-refractivity contribution is 0.0707. The highest BCUT2D eigenvalue weighted by Gasteiger charge is 3.02. The lowest BCUT2D eigenvalue weighted by Crippen LogP contribution is -1.98. The normalized spacial score (nSPS) is 53.2. The maximum Gasteiger partial charge on any atom is 0.261 e. The van der Waals surface area contributed by atoms with E-state index in [0.717, 1.165) is 0 Å². The van der Waals surface area contributed by atoms with Crippen LogP contribution in [-0.4, -0.2) is 17.6 Å². The van der Waals surface area contributed by atoms with Crippen LogP contribution in [0.5, 0.6) is 0 Å². The summed E-state index contributed by atoms with van der Waals surface area (Å²) in [5.74, 6) is -2.51. The second-order valence-electron chi connectivity index (χ2n) is 4.21. The number of aliphatic hydroxyl groups is 1. The Bertz CT molecular complexity index is 228. The molecule has 2 spiro atoms. The van der Waals surface area contributed by atoms with Gasteiger partial charge in [-0.05, 0) is 25.2 Å². The minimum absolute atomic E-state index is 0.0443. The van der Waals surface area contributed by atoms with E-state index >= 15 is 0 Å².